The van der Waals surface area contributed by atoms with Gasteiger partial charge in [0.05, 0.1) is 19.2 Å². The first-order valence-corrected chi connectivity index (χ1v) is 12.9. The number of pyridine rings is 1. The Morgan fingerprint density at radius 3 is 2.68 bits per heavy atom. The van der Waals surface area contributed by atoms with E-state index in [9.17, 15) is 15.0 Å². The third kappa shape index (κ3) is 5.22. The van der Waals surface area contributed by atoms with Crippen LogP contribution in [-0.4, -0.2) is 73.5 Å². The molecule has 2 aromatic rings. The van der Waals surface area contributed by atoms with Crippen molar-refractivity contribution in [2.24, 2.45) is 0 Å². The molecule has 3 aliphatic heterocycles. The van der Waals surface area contributed by atoms with Crippen LogP contribution in [0.15, 0.2) is 47.8 Å². The van der Waals surface area contributed by atoms with E-state index >= 15 is 0 Å². The zero-order valence-electron chi connectivity index (χ0n) is 21.5. The molecule has 0 unspecified atom stereocenters. The second kappa shape index (κ2) is 10.7. The zero-order chi connectivity index (χ0) is 25.9. The Bertz CT molecular complexity index is 1230. The number of benzene rings is 1. The normalized spacial score (nSPS) is 19.5. The van der Waals surface area contributed by atoms with Crippen molar-refractivity contribution in [3.63, 3.8) is 0 Å². The first kappa shape index (κ1) is 25.0. The molecule has 1 atom stereocenters. The molecular weight excluding hydrogens is 468 g/mol. The summed E-state index contributed by atoms with van der Waals surface area (Å²) in [6.07, 6.45) is 5.26. The molecule has 0 radical (unpaired) electrons. The van der Waals surface area contributed by atoms with Gasteiger partial charge in [0.25, 0.3) is 5.91 Å². The van der Waals surface area contributed by atoms with Crippen LogP contribution in [0.1, 0.15) is 42.2 Å². The molecule has 0 bridgehead atoms. The number of aromatic nitrogens is 1. The Morgan fingerprint density at radius 1 is 1.14 bits per heavy atom. The highest BCUT2D eigenvalue weighted by atomic mass is 16.5. The van der Waals surface area contributed by atoms with E-state index in [0.717, 1.165) is 60.5 Å². The zero-order valence-corrected chi connectivity index (χ0v) is 21.5. The summed E-state index contributed by atoms with van der Waals surface area (Å²) in [5.41, 5.74) is 6.53. The van der Waals surface area contributed by atoms with Crippen molar-refractivity contribution >= 4 is 23.3 Å². The van der Waals surface area contributed by atoms with Crippen molar-refractivity contribution in [2.45, 2.75) is 38.6 Å². The summed E-state index contributed by atoms with van der Waals surface area (Å²) in [6.45, 7) is 4.89. The molecule has 37 heavy (non-hydrogen) atoms. The molecule has 5 rings (SSSR count). The number of hydrogen-bond acceptors (Lipinski definition) is 6. The highest BCUT2D eigenvalue weighted by Gasteiger charge is 2.30. The minimum atomic E-state index is -0.208. The fraction of sp³-hybridized carbons (Fsp3) is 0.429. The van der Waals surface area contributed by atoms with Crippen LogP contribution < -0.4 is 15.5 Å². The van der Waals surface area contributed by atoms with Crippen LogP contribution in [0.2, 0.25) is 0 Å². The number of rotatable bonds is 5. The van der Waals surface area contributed by atoms with Crippen molar-refractivity contribution < 1.29 is 14.3 Å². The monoisotopic (exact) mass is 502 g/mol. The number of nitrogens with one attached hydrogen (secondary N) is 3. The van der Waals surface area contributed by atoms with Gasteiger partial charge in [-0.15, -0.1) is 0 Å². The van der Waals surface area contributed by atoms with Crippen LogP contribution >= 0.6 is 0 Å². The van der Waals surface area contributed by atoms with Crippen LogP contribution in [0, 0.1) is 5.41 Å². The van der Waals surface area contributed by atoms with Crippen molar-refractivity contribution in [3.8, 4) is 11.1 Å². The number of anilines is 1. The lowest BCUT2D eigenvalue weighted by molar-refractivity contribution is -0.128. The molecule has 0 spiro atoms. The Balaban J connectivity index is 1.42. The average Bonchev–Trinajstić information content (AvgIpc) is 3.45. The number of nitrogens with zero attached hydrogens (tertiary/aromatic N) is 3. The summed E-state index contributed by atoms with van der Waals surface area (Å²) in [4.78, 5) is 32.2. The summed E-state index contributed by atoms with van der Waals surface area (Å²) in [5, 5.41) is 15.5. The highest BCUT2D eigenvalue weighted by Crippen LogP contribution is 2.33. The van der Waals surface area contributed by atoms with E-state index in [1.165, 1.54) is 5.56 Å². The Hall–Kier alpha value is -3.72. The lowest BCUT2D eigenvalue weighted by Gasteiger charge is -2.37. The second-order valence-electron chi connectivity index (χ2n) is 9.81. The smallest absolute Gasteiger partial charge is 0.269 e. The van der Waals surface area contributed by atoms with Gasteiger partial charge >= 0.3 is 0 Å². The lowest BCUT2D eigenvalue weighted by Crippen LogP contribution is -2.46. The number of amides is 2. The van der Waals surface area contributed by atoms with E-state index in [-0.39, 0.29) is 17.9 Å². The molecular formula is C28H34N6O3. The Labute approximate surface area is 217 Å². The topological polar surface area (TPSA) is 111 Å². The molecule has 3 N–H and O–H groups in total. The fourth-order valence-electron chi connectivity index (χ4n) is 5.30. The minimum Gasteiger partial charge on any atom is -0.383 e. The molecule has 1 fully saturated rings. The van der Waals surface area contributed by atoms with Crippen LogP contribution in [0.25, 0.3) is 11.1 Å². The first-order chi connectivity index (χ1) is 17.9. The average molecular weight is 503 g/mol. The number of amidine groups is 1. The van der Waals surface area contributed by atoms with Gasteiger partial charge in [0, 0.05) is 68.8 Å². The van der Waals surface area contributed by atoms with Crippen molar-refractivity contribution in [3.05, 3.63) is 59.1 Å². The van der Waals surface area contributed by atoms with E-state index in [2.05, 4.69) is 32.7 Å². The quantitative estimate of drug-likeness (QED) is 0.428. The molecule has 1 aromatic heterocycles. The number of ether oxygens (including phenoxy) is 1. The van der Waals surface area contributed by atoms with E-state index in [1.807, 2.05) is 17.0 Å². The summed E-state index contributed by atoms with van der Waals surface area (Å²) in [7, 11) is 1.59. The molecule has 2 amide bonds. The summed E-state index contributed by atoms with van der Waals surface area (Å²) < 4.78 is 5.55. The van der Waals surface area contributed by atoms with Crippen molar-refractivity contribution in [1.82, 2.24) is 20.5 Å². The van der Waals surface area contributed by atoms with E-state index in [4.69, 9.17) is 4.74 Å². The Morgan fingerprint density at radius 2 is 1.97 bits per heavy atom. The number of aryl methyl sites for hydroxylation is 1. The molecule has 1 saturated heterocycles. The lowest BCUT2D eigenvalue weighted by atomic mass is 9.95. The molecule has 0 aliphatic carbocycles. The first-order valence-electron chi connectivity index (χ1n) is 12.9. The van der Waals surface area contributed by atoms with Gasteiger partial charge in [0.15, 0.2) is 0 Å². The van der Waals surface area contributed by atoms with Gasteiger partial charge in [-0.3, -0.25) is 20.0 Å². The number of hydrogen-bond donors (Lipinski definition) is 3. The minimum absolute atomic E-state index is 0.0354. The van der Waals surface area contributed by atoms with Gasteiger partial charge in [0.2, 0.25) is 5.91 Å². The van der Waals surface area contributed by atoms with Gasteiger partial charge in [-0.25, -0.2) is 0 Å². The summed E-state index contributed by atoms with van der Waals surface area (Å²) in [6, 6.07) is 10.2. The number of fused-ring (bicyclic) bond motifs is 1. The molecule has 9 nitrogen and oxygen atoms in total. The molecule has 1 aromatic carbocycles. The maximum absolute atomic E-state index is 12.2. The summed E-state index contributed by atoms with van der Waals surface area (Å²) in [5.74, 6) is 0.284. The molecule has 3 aliphatic rings. The van der Waals surface area contributed by atoms with Crippen LogP contribution in [0.5, 0.6) is 0 Å². The van der Waals surface area contributed by atoms with Crippen molar-refractivity contribution in [1.29, 1.82) is 5.41 Å². The van der Waals surface area contributed by atoms with Crippen LogP contribution in [0.4, 0.5) is 5.69 Å². The maximum Gasteiger partial charge on any atom is 0.269 e. The van der Waals surface area contributed by atoms with Gasteiger partial charge in [-0.1, -0.05) is 12.1 Å². The van der Waals surface area contributed by atoms with Crippen LogP contribution in [0.3, 0.4) is 0 Å². The molecule has 0 saturated carbocycles. The van der Waals surface area contributed by atoms with E-state index in [1.54, 1.807) is 26.2 Å². The number of carbonyl (C=O) groups excluding carboxylic acids is 2. The molecule has 194 valence electrons. The van der Waals surface area contributed by atoms with Gasteiger partial charge in [0.1, 0.15) is 11.5 Å². The predicted molar refractivity (Wildman–Crippen MR) is 143 cm³/mol. The Kier molecular flexibility index (Phi) is 7.23. The van der Waals surface area contributed by atoms with E-state index < -0.39 is 0 Å². The third-order valence-electron chi connectivity index (χ3n) is 7.41. The molecule has 4 heterocycles. The van der Waals surface area contributed by atoms with Gasteiger partial charge in [-0.05, 0) is 48.6 Å². The fourth-order valence-corrected chi connectivity index (χ4v) is 5.30. The highest BCUT2D eigenvalue weighted by molar-refractivity contribution is 6.09. The third-order valence-corrected chi connectivity index (χ3v) is 7.41. The largest absolute Gasteiger partial charge is 0.383 e. The second-order valence-corrected chi connectivity index (χ2v) is 9.81. The maximum atomic E-state index is 12.2. The predicted octanol–water partition coefficient (Wildman–Crippen LogP) is 2.72. The van der Waals surface area contributed by atoms with Crippen molar-refractivity contribution in [2.75, 3.05) is 44.8 Å². The van der Waals surface area contributed by atoms with Gasteiger partial charge in [-0.2, -0.15) is 0 Å². The summed E-state index contributed by atoms with van der Waals surface area (Å²) >= 11 is 0. The molecule has 9 heteroatoms. The SMILES string of the molecule is CNC(=O)c1ccc(-c2ccc3c(c2)CCCN3C(=N)C2=C(N[C@H]3CCOC3)CCN(C(C)=O)C2)cn1. The van der Waals surface area contributed by atoms with E-state index in [0.29, 0.717) is 37.6 Å². The van der Waals surface area contributed by atoms with Crippen LogP contribution in [-0.2, 0) is 16.0 Å². The number of carbonyl (C=O) groups is 2. The standard InChI is InChI=1S/C28H34N6O3/c1-18(35)33-12-9-24(32-22-10-13-37-17-22)23(16-33)27(29)34-11-3-4-20-14-19(6-8-26(20)34)21-5-7-25(31-15-21)28(36)30-2/h5-8,14-15,22,29,32H,3-4,9-13,16-17H2,1-2H3,(H,30,36)/t22-/m0/s1. The van der Waals surface area contributed by atoms with Gasteiger partial charge < -0.3 is 25.2 Å².